The molecule has 0 radical (unpaired) electrons. The highest BCUT2D eigenvalue weighted by Gasteiger charge is 2.26. The van der Waals surface area contributed by atoms with Gasteiger partial charge in [-0.1, -0.05) is 26.7 Å². The van der Waals surface area contributed by atoms with Gasteiger partial charge in [-0.2, -0.15) is 0 Å². The van der Waals surface area contributed by atoms with Gasteiger partial charge in [0.1, 0.15) is 4.90 Å². The maximum absolute atomic E-state index is 12.8. The Kier molecular flexibility index (Phi) is 7.87. The highest BCUT2D eigenvalue weighted by atomic mass is 32.2. The number of aryl methyl sites for hydroxylation is 1. The molecule has 1 N–H and O–H groups in total. The zero-order valence-corrected chi connectivity index (χ0v) is 15.2. The quantitative estimate of drug-likeness (QED) is 0.668. The van der Waals surface area contributed by atoms with Crippen LogP contribution in [0.15, 0.2) is 10.3 Å². The van der Waals surface area contributed by atoms with Crippen molar-refractivity contribution in [3.8, 4) is 0 Å². The first kappa shape index (κ1) is 18.6. The number of nitrogens with one attached hydrogen (secondary N) is 1. The van der Waals surface area contributed by atoms with Crippen LogP contribution < -0.4 is 5.32 Å². The third-order valence-electron chi connectivity index (χ3n) is 3.45. The number of hydrogen-bond acceptors (Lipinski definition) is 4. The minimum absolute atomic E-state index is 0.509. The van der Waals surface area contributed by atoms with E-state index in [1.54, 1.807) is 7.05 Å². The first-order valence-corrected chi connectivity index (χ1v) is 10.0. The summed E-state index contributed by atoms with van der Waals surface area (Å²) in [5.41, 5.74) is 0.857. The number of nitrogens with zero attached hydrogens (tertiary/aromatic N) is 1. The minimum Gasteiger partial charge on any atom is -0.312 e. The molecule has 122 valence electrons. The molecule has 1 heterocycles. The molecule has 1 aromatic heterocycles. The molecular weight excluding hydrogens is 304 g/mol. The van der Waals surface area contributed by atoms with Crippen LogP contribution in [0.5, 0.6) is 0 Å². The van der Waals surface area contributed by atoms with Crippen molar-refractivity contribution in [3.63, 3.8) is 0 Å². The smallest absolute Gasteiger partial charge is 0.244 e. The summed E-state index contributed by atoms with van der Waals surface area (Å²) in [6.07, 6.45) is 4.12. The summed E-state index contributed by atoms with van der Waals surface area (Å²) in [5.74, 6) is 0. The van der Waals surface area contributed by atoms with Crippen LogP contribution in [0, 0.1) is 6.92 Å². The van der Waals surface area contributed by atoms with E-state index in [0.29, 0.717) is 18.0 Å². The zero-order valence-electron chi connectivity index (χ0n) is 13.6. The Balaban J connectivity index is 2.88. The standard InChI is InChI=1S/C15H28N2O2S2/c1-5-7-8-10-17(4)21(18,19)15-13(3)12-20-14(15)11-16-9-6-2/h12,16H,5-11H2,1-4H3. The van der Waals surface area contributed by atoms with E-state index in [9.17, 15) is 8.42 Å². The summed E-state index contributed by atoms with van der Waals surface area (Å²) in [6.45, 7) is 8.23. The van der Waals surface area contributed by atoms with E-state index < -0.39 is 10.0 Å². The Morgan fingerprint density at radius 1 is 1.24 bits per heavy atom. The fourth-order valence-corrected chi connectivity index (χ4v) is 5.13. The van der Waals surface area contributed by atoms with E-state index in [4.69, 9.17) is 0 Å². The van der Waals surface area contributed by atoms with E-state index in [1.165, 1.54) is 15.6 Å². The van der Waals surface area contributed by atoms with Crippen molar-refractivity contribution < 1.29 is 8.42 Å². The summed E-state index contributed by atoms with van der Waals surface area (Å²) in [5, 5.41) is 5.24. The molecule has 0 unspecified atom stereocenters. The third-order valence-corrected chi connectivity index (χ3v) is 6.77. The van der Waals surface area contributed by atoms with Crippen molar-refractivity contribution in [1.82, 2.24) is 9.62 Å². The van der Waals surface area contributed by atoms with Crippen molar-refractivity contribution >= 4 is 21.4 Å². The second-order valence-electron chi connectivity index (χ2n) is 5.38. The molecule has 0 aliphatic carbocycles. The molecule has 1 aromatic rings. The first-order chi connectivity index (χ1) is 9.95. The average molecular weight is 333 g/mol. The number of sulfonamides is 1. The fraction of sp³-hybridized carbons (Fsp3) is 0.733. The van der Waals surface area contributed by atoms with Gasteiger partial charge in [-0.3, -0.25) is 0 Å². The van der Waals surface area contributed by atoms with Gasteiger partial charge in [0.15, 0.2) is 0 Å². The number of rotatable bonds is 10. The zero-order chi connectivity index (χ0) is 15.9. The largest absolute Gasteiger partial charge is 0.312 e. The van der Waals surface area contributed by atoms with Crippen LogP contribution in [0.3, 0.4) is 0 Å². The summed E-state index contributed by atoms with van der Waals surface area (Å²) >= 11 is 1.53. The maximum Gasteiger partial charge on any atom is 0.244 e. The lowest BCUT2D eigenvalue weighted by molar-refractivity contribution is 0.453. The van der Waals surface area contributed by atoms with Crippen LogP contribution in [0.2, 0.25) is 0 Å². The number of thiophene rings is 1. The van der Waals surface area contributed by atoms with Crippen molar-refractivity contribution in [2.45, 2.75) is 57.9 Å². The lowest BCUT2D eigenvalue weighted by Gasteiger charge is -2.18. The lowest BCUT2D eigenvalue weighted by Crippen LogP contribution is -2.29. The van der Waals surface area contributed by atoms with Gasteiger partial charge >= 0.3 is 0 Å². The summed E-state index contributed by atoms with van der Waals surface area (Å²) in [6, 6.07) is 0. The van der Waals surface area contributed by atoms with E-state index in [2.05, 4.69) is 19.2 Å². The molecule has 0 amide bonds. The van der Waals surface area contributed by atoms with E-state index in [0.717, 1.165) is 42.7 Å². The van der Waals surface area contributed by atoms with Crippen LogP contribution >= 0.6 is 11.3 Å². The van der Waals surface area contributed by atoms with Crippen LogP contribution in [0.4, 0.5) is 0 Å². The van der Waals surface area contributed by atoms with Crippen LogP contribution in [0.25, 0.3) is 0 Å². The number of unbranched alkanes of at least 4 members (excludes halogenated alkanes) is 2. The maximum atomic E-state index is 12.8. The molecule has 6 heteroatoms. The van der Waals surface area contributed by atoms with Gasteiger partial charge in [0, 0.05) is 25.0 Å². The van der Waals surface area contributed by atoms with E-state index in [1.807, 2.05) is 12.3 Å². The monoisotopic (exact) mass is 332 g/mol. The minimum atomic E-state index is -3.37. The molecule has 1 rings (SSSR count). The van der Waals surface area contributed by atoms with Gasteiger partial charge in [0.2, 0.25) is 10.0 Å². The van der Waals surface area contributed by atoms with E-state index in [-0.39, 0.29) is 0 Å². The van der Waals surface area contributed by atoms with Gasteiger partial charge in [0.25, 0.3) is 0 Å². The van der Waals surface area contributed by atoms with Crippen molar-refractivity contribution in [2.24, 2.45) is 0 Å². The predicted molar refractivity (Wildman–Crippen MR) is 90.4 cm³/mol. The van der Waals surface area contributed by atoms with Crippen molar-refractivity contribution in [3.05, 3.63) is 15.8 Å². The summed E-state index contributed by atoms with van der Waals surface area (Å²) in [7, 11) is -1.68. The topological polar surface area (TPSA) is 49.4 Å². The molecule has 0 spiro atoms. The van der Waals surface area contributed by atoms with Gasteiger partial charge in [-0.05, 0) is 37.3 Å². The molecule has 0 aromatic carbocycles. The van der Waals surface area contributed by atoms with Gasteiger partial charge in [-0.25, -0.2) is 12.7 Å². The Labute approximate surface area is 133 Å². The van der Waals surface area contributed by atoms with Crippen LogP contribution in [-0.4, -0.2) is 32.9 Å². The second-order valence-corrected chi connectivity index (χ2v) is 8.33. The summed E-state index contributed by atoms with van der Waals surface area (Å²) < 4.78 is 27.0. The molecule has 0 aliphatic heterocycles. The lowest BCUT2D eigenvalue weighted by atomic mass is 10.2. The Bertz CT molecular complexity index is 524. The molecule has 4 nitrogen and oxygen atoms in total. The average Bonchev–Trinajstić information content (AvgIpc) is 2.81. The van der Waals surface area contributed by atoms with Crippen LogP contribution in [-0.2, 0) is 16.6 Å². The molecule has 21 heavy (non-hydrogen) atoms. The molecule has 0 saturated carbocycles. The predicted octanol–water partition coefficient (Wildman–Crippen LogP) is 3.37. The fourth-order valence-electron chi connectivity index (χ4n) is 2.19. The summed E-state index contributed by atoms with van der Waals surface area (Å²) in [4.78, 5) is 1.43. The second kappa shape index (κ2) is 8.88. The van der Waals surface area contributed by atoms with Crippen molar-refractivity contribution in [1.29, 1.82) is 0 Å². The highest BCUT2D eigenvalue weighted by molar-refractivity contribution is 7.89. The van der Waals surface area contributed by atoms with Gasteiger partial charge < -0.3 is 5.32 Å². The SMILES string of the molecule is CCCCCN(C)S(=O)(=O)c1c(C)csc1CNCCC. The van der Waals surface area contributed by atoms with Gasteiger partial charge in [0.05, 0.1) is 0 Å². The normalized spacial score (nSPS) is 12.2. The first-order valence-electron chi connectivity index (χ1n) is 7.69. The van der Waals surface area contributed by atoms with E-state index >= 15 is 0 Å². The molecule has 0 bridgehead atoms. The Morgan fingerprint density at radius 2 is 1.95 bits per heavy atom. The third kappa shape index (κ3) is 5.06. The van der Waals surface area contributed by atoms with Crippen LogP contribution in [0.1, 0.15) is 50.0 Å². The highest BCUT2D eigenvalue weighted by Crippen LogP contribution is 2.29. The number of hydrogen-bond donors (Lipinski definition) is 1. The van der Waals surface area contributed by atoms with Gasteiger partial charge in [-0.15, -0.1) is 11.3 Å². The molecule has 0 saturated heterocycles. The molecule has 0 atom stereocenters. The molecular formula is C15H28N2O2S2. The Hall–Kier alpha value is -0.430. The Morgan fingerprint density at radius 3 is 2.57 bits per heavy atom. The molecule has 0 fully saturated rings. The molecule has 0 aliphatic rings. The van der Waals surface area contributed by atoms with Crippen molar-refractivity contribution in [2.75, 3.05) is 20.1 Å².